The van der Waals surface area contributed by atoms with Crippen molar-refractivity contribution in [1.82, 2.24) is 15.5 Å². The standard InChI is InChI=1S/C13H15ClN4O2/c1-6(12-7(2)18-20-8(12)3)16-13(19)9-4-10(14)17-11(15)5-9/h4-6H,1-3H3,(H2,15,17)(H,16,19). The Bertz CT molecular complexity index is 614. The van der Waals surface area contributed by atoms with Crippen molar-refractivity contribution in [3.63, 3.8) is 0 Å². The number of halogens is 1. The van der Waals surface area contributed by atoms with Crippen LogP contribution in [0, 0.1) is 13.8 Å². The molecule has 1 amide bonds. The second-order valence-corrected chi connectivity index (χ2v) is 4.92. The number of carbonyl (C=O) groups is 1. The number of hydrogen-bond acceptors (Lipinski definition) is 5. The molecule has 1 atom stereocenters. The number of amides is 1. The summed E-state index contributed by atoms with van der Waals surface area (Å²) >= 11 is 5.78. The van der Waals surface area contributed by atoms with Crippen LogP contribution < -0.4 is 11.1 Å². The van der Waals surface area contributed by atoms with Crippen LogP contribution in [0.4, 0.5) is 5.82 Å². The van der Waals surface area contributed by atoms with E-state index in [1.165, 1.54) is 12.1 Å². The molecule has 7 heteroatoms. The predicted molar refractivity (Wildman–Crippen MR) is 75.5 cm³/mol. The summed E-state index contributed by atoms with van der Waals surface area (Å²) in [5, 5.41) is 6.90. The van der Waals surface area contributed by atoms with Crippen LogP contribution in [0.15, 0.2) is 16.7 Å². The Morgan fingerprint density at radius 3 is 2.70 bits per heavy atom. The van der Waals surface area contributed by atoms with Crippen molar-refractivity contribution in [2.75, 3.05) is 5.73 Å². The molecule has 20 heavy (non-hydrogen) atoms. The molecule has 2 rings (SSSR count). The first-order chi connectivity index (χ1) is 9.38. The average molecular weight is 295 g/mol. The van der Waals surface area contributed by atoms with E-state index in [0.29, 0.717) is 11.3 Å². The molecule has 3 N–H and O–H groups in total. The molecular weight excluding hydrogens is 280 g/mol. The zero-order valence-electron chi connectivity index (χ0n) is 11.4. The van der Waals surface area contributed by atoms with Crippen molar-refractivity contribution >= 4 is 23.3 Å². The maximum atomic E-state index is 12.2. The summed E-state index contributed by atoms with van der Waals surface area (Å²) in [5.74, 6) is 0.601. The van der Waals surface area contributed by atoms with Crippen molar-refractivity contribution in [2.24, 2.45) is 0 Å². The van der Waals surface area contributed by atoms with Crippen molar-refractivity contribution in [2.45, 2.75) is 26.8 Å². The number of carbonyl (C=O) groups excluding carboxylic acids is 1. The minimum Gasteiger partial charge on any atom is -0.384 e. The van der Waals surface area contributed by atoms with E-state index in [1.807, 2.05) is 13.8 Å². The van der Waals surface area contributed by atoms with Crippen molar-refractivity contribution in [3.8, 4) is 0 Å². The van der Waals surface area contributed by atoms with Gasteiger partial charge in [-0.25, -0.2) is 4.98 Å². The largest absolute Gasteiger partial charge is 0.384 e. The van der Waals surface area contributed by atoms with Gasteiger partial charge in [0.2, 0.25) is 0 Å². The normalized spacial score (nSPS) is 12.2. The third-order valence-corrected chi connectivity index (χ3v) is 3.14. The highest BCUT2D eigenvalue weighted by molar-refractivity contribution is 6.29. The highest BCUT2D eigenvalue weighted by Gasteiger charge is 2.19. The highest BCUT2D eigenvalue weighted by atomic mass is 35.5. The summed E-state index contributed by atoms with van der Waals surface area (Å²) < 4.78 is 5.09. The van der Waals surface area contributed by atoms with Crippen LogP contribution in [0.1, 0.15) is 40.3 Å². The second kappa shape index (κ2) is 5.50. The smallest absolute Gasteiger partial charge is 0.252 e. The number of rotatable bonds is 3. The summed E-state index contributed by atoms with van der Waals surface area (Å²) in [7, 11) is 0. The summed E-state index contributed by atoms with van der Waals surface area (Å²) in [6, 6.07) is 2.70. The number of hydrogen-bond donors (Lipinski definition) is 2. The lowest BCUT2D eigenvalue weighted by molar-refractivity contribution is 0.0939. The third-order valence-electron chi connectivity index (χ3n) is 2.95. The van der Waals surface area contributed by atoms with E-state index in [-0.39, 0.29) is 22.9 Å². The minimum absolute atomic E-state index is 0.181. The first-order valence-electron chi connectivity index (χ1n) is 6.05. The van der Waals surface area contributed by atoms with E-state index >= 15 is 0 Å². The SMILES string of the molecule is Cc1noc(C)c1C(C)NC(=O)c1cc(N)nc(Cl)c1. The maximum absolute atomic E-state index is 12.2. The lowest BCUT2D eigenvalue weighted by Crippen LogP contribution is -2.27. The number of aromatic nitrogens is 2. The van der Waals surface area contributed by atoms with Gasteiger partial charge in [-0.2, -0.15) is 0 Å². The molecule has 1 unspecified atom stereocenters. The Labute approximate surface area is 121 Å². The Balaban J connectivity index is 2.19. The van der Waals surface area contributed by atoms with E-state index < -0.39 is 0 Å². The number of aryl methyl sites for hydroxylation is 2. The minimum atomic E-state index is -0.284. The summed E-state index contributed by atoms with van der Waals surface area (Å²) in [6.45, 7) is 5.49. The van der Waals surface area contributed by atoms with Crippen LogP contribution in [0.5, 0.6) is 0 Å². The lowest BCUT2D eigenvalue weighted by Gasteiger charge is -2.14. The number of nitrogens with zero attached hydrogens (tertiary/aromatic N) is 2. The molecule has 0 aromatic carbocycles. The van der Waals surface area contributed by atoms with Gasteiger partial charge in [0, 0.05) is 11.1 Å². The zero-order valence-corrected chi connectivity index (χ0v) is 12.2. The van der Waals surface area contributed by atoms with Crippen molar-refractivity contribution in [3.05, 3.63) is 39.9 Å². The molecule has 0 fully saturated rings. The number of anilines is 1. The van der Waals surface area contributed by atoms with Gasteiger partial charge >= 0.3 is 0 Å². The van der Waals surface area contributed by atoms with Crippen LogP contribution >= 0.6 is 11.6 Å². The van der Waals surface area contributed by atoms with Gasteiger partial charge in [0.1, 0.15) is 16.7 Å². The van der Waals surface area contributed by atoms with E-state index in [9.17, 15) is 4.79 Å². The molecule has 106 valence electrons. The molecule has 0 saturated carbocycles. The Kier molecular flexibility index (Phi) is 3.94. The van der Waals surface area contributed by atoms with E-state index in [2.05, 4.69) is 15.5 Å². The van der Waals surface area contributed by atoms with Crippen LogP contribution in [-0.4, -0.2) is 16.0 Å². The lowest BCUT2D eigenvalue weighted by atomic mass is 10.1. The van der Waals surface area contributed by atoms with Gasteiger partial charge in [-0.3, -0.25) is 4.79 Å². The maximum Gasteiger partial charge on any atom is 0.252 e. The van der Waals surface area contributed by atoms with Crippen LogP contribution in [0.2, 0.25) is 5.15 Å². The fourth-order valence-electron chi connectivity index (χ4n) is 2.11. The second-order valence-electron chi connectivity index (χ2n) is 4.54. The molecule has 0 aliphatic carbocycles. The van der Waals surface area contributed by atoms with Gasteiger partial charge < -0.3 is 15.6 Å². The summed E-state index contributed by atoms with van der Waals surface area (Å²) in [5.41, 5.74) is 7.55. The Hall–Kier alpha value is -2.08. The molecule has 6 nitrogen and oxygen atoms in total. The fourth-order valence-corrected chi connectivity index (χ4v) is 2.32. The van der Waals surface area contributed by atoms with Crippen LogP contribution in [0.3, 0.4) is 0 Å². The first kappa shape index (κ1) is 14.3. The summed E-state index contributed by atoms with van der Waals surface area (Å²) in [6.07, 6.45) is 0. The Morgan fingerprint density at radius 2 is 2.15 bits per heavy atom. The van der Waals surface area contributed by atoms with Gasteiger partial charge in [-0.05, 0) is 32.9 Å². The molecule has 2 aromatic rings. The van der Waals surface area contributed by atoms with Gasteiger partial charge in [-0.1, -0.05) is 16.8 Å². The van der Waals surface area contributed by atoms with Crippen LogP contribution in [-0.2, 0) is 0 Å². The number of nitrogens with two attached hydrogens (primary N) is 1. The molecule has 0 aliphatic rings. The monoisotopic (exact) mass is 294 g/mol. The summed E-state index contributed by atoms with van der Waals surface area (Å²) in [4.78, 5) is 16.0. The predicted octanol–water partition coefficient (Wildman–Crippen LogP) is 2.41. The van der Waals surface area contributed by atoms with Crippen molar-refractivity contribution < 1.29 is 9.32 Å². The first-order valence-corrected chi connectivity index (χ1v) is 6.43. The highest BCUT2D eigenvalue weighted by Crippen LogP contribution is 2.21. The topological polar surface area (TPSA) is 94.0 Å². The third kappa shape index (κ3) is 2.91. The molecule has 0 aliphatic heterocycles. The van der Waals surface area contributed by atoms with E-state index in [1.54, 1.807) is 6.92 Å². The average Bonchev–Trinajstić information content (AvgIpc) is 2.67. The molecule has 0 bridgehead atoms. The quantitative estimate of drug-likeness (QED) is 0.848. The van der Waals surface area contributed by atoms with Gasteiger partial charge in [0.15, 0.2) is 0 Å². The molecular formula is C13H15ClN4O2. The van der Waals surface area contributed by atoms with Crippen LogP contribution in [0.25, 0.3) is 0 Å². The Morgan fingerprint density at radius 1 is 1.45 bits per heavy atom. The molecule has 2 aromatic heterocycles. The fraction of sp³-hybridized carbons (Fsp3) is 0.308. The number of pyridine rings is 1. The zero-order chi connectivity index (χ0) is 14.9. The van der Waals surface area contributed by atoms with Gasteiger partial charge in [-0.15, -0.1) is 0 Å². The molecule has 2 heterocycles. The molecule has 0 saturated heterocycles. The van der Waals surface area contributed by atoms with Gasteiger partial charge in [0.25, 0.3) is 5.91 Å². The number of nitrogen functional groups attached to an aromatic ring is 1. The number of nitrogens with one attached hydrogen (secondary N) is 1. The molecule has 0 radical (unpaired) electrons. The molecule has 0 spiro atoms. The van der Waals surface area contributed by atoms with E-state index in [4.69, 9.17) is 21.9 Å². The van der Waals surface area contributed by atoms with Crippen molar-refractivity contribution in [1.29, 1.82) is 0 Å². The van der Waals surface area contributed by atoms with E-state index in [0.717, 1.165) is 11.3 Å². The van der Waals surface area contributed by atoms with Gasteiger partial charge in [0.05, 0.1) is 11.7 Å².